The van der Waals surface area contributed by atoms with Crippen molar-refractivity contribution < 1.29 is 19.1 Å². The van der Waals surface area contributed by atoms with E-state index < -0.39 is 23.6 Å². The minimum atomic E-state index is -1.16. The fraction of sp³-hybridized carbons (Fsp3) is 0.273. The fourth-order valence-corrected chi connectivity index (χ4v) is 2.34. The lowest BCUT2D eigenvalue weighted by atomic mass is 10.1. The predicted molar refractivity (Wildman–Crippen MR) is 64.5 cm³/mol. The maximum absolute atomic E-state index is 13.2. The summed E-state index contributed by atoms with van der Waals surface area (Å²) in [5.41, 5.74) is 0.306. The smallest absolute Gasteiger partial charge is 0.316 e. The number of nitrogens with zero attached hydrogens (tertiary/aromatic N) is 1. The molecular weight excluding hydrogens is 284 g/mol. The Hall–Kier alpha value is -1.33. The number of carboxylic acid groups (broad SMARTS) is 1. The molecule has 96 valence electrons. The highest BCUT2D eigenvalue weighted by molar-refractivity contribution is 6.35. The van der Waals surface area contributed by atoms with Crippen molar-refractivity contribution in [3.05, 3.63) is 28.0 Å². The zero-order valence-electron chi connectivity index (χ0n) is 8.99. The third kappa shape index (κ3) is 2.15. The van der Waals surface area contributed by atoms with Gasteiger partial charge in [-0.3, -0.25) is 9.59 Å². The van der Waals surface area contributed by atoms with E-state index in [4.69, 9.17) is 28.3 Å². The van der Waals surface area contributed by atoms with Crippen molar-refractivity contribution in [1.82, 2.24) is 0 Å². The van der Waals surface area contributed by atoms with Crippen molar-refractivity contribution in [3.8, 4) is 0 Å². The van der Waals surface area contributed by atoms with E-state index in [0.717, 1.165) is 0 Å². The van der Waals surface area contributed by atoms with Gasteiger partial charge in [0.25, 0.3) is 0 Å². The van der Waals surface area contributed by atoms with Crippen LogP contribution in [0.4, 0.5) is 10.1 Å². The molecule has 1 aliphatic rings. The average molecular weight is 292 g/mol. The SMILES string of the molecule is O=C(O)C1CCN(c2cc(Cl)c(F)c(Cl)c2)C1=O. The largest absolute Gasteiger partial charge is 0.481 e. The number of carbonyl (C=O) groups is 2. The van der Waals surface area contributed by atoms with E-state index in [2.05, 4.69) is 0 Å². The highest BCUT2D eigenvalue weighted by atomic mass is 35.5. The molecular formula is C11H8Cl2FNO3. The second-order valence-electron chi connectivity index (χ2n) is 3.89. The Morgan fingerprint density at radius 3 is 2.39 bits per heavy atom. The lowest BCUT2D eigenvalue weighted by Gasteiger charge is -2.17. The summed E-state index contributed by atoms with van der Waals surface area (Å²) in [6, 6.07) is 2.51. The number of anilines is 1. The third-order valence-corrected chi connectivity index (χ3v) is 3.33. The quantitative estimate of drug-likeness (QED) is 0.673. The first-order valence-electron chi connectivity index (χ1n) is 5.10. The van der Waals surface area contributed by atoms with E-state index in [1.54, 1.807) is 0 Å². The van der Waals surface area contributed by atoms with Gasteiger partial charge in [0, 0.05) is 12.2 Å². The molecule has 0 aliphatic carbocycles. The highest BCUT2D eigenvalue weighted by Crippen LogP contribution is 2.32. The van der Waals surface area contributed by atoms with Gasteiger partial charge in [-0.2, -0.15) is 0 Å². The van der Waals surface area contributed by atoms with Gasteiger partial charge in [0.2, 0.25) is 5.91 Å². The number of hydrogen-bond acceptors (Lipinski definition) is 2. The first-order chi connectivity index (χ1) is 8.41. The molecule has 1 atom stereocenters. The van der Waals surface area contributed by atoms with Crippen molar-refractivity contribution in [2.45, 2.75) is 6.42 Å². The molecule has 18 heavy (non-hydrogen) atoms. The van der Waals surface area contributed by atoms with Gasteiger partial charge in [-0.05, 0) is 18.6 Å². The van der Waals surface area contributed by atoms with Crippen LogP contribution in [0.1, 0.15) is 6.42 Å². The Labute approximate surface area is 112 Å². The number of aliphatic carboxylic acids is 1. The lowest BCUT2D eigenvalue weighted by Crippen LogP contribution is -2.30. The summed E-state index contributed by atoms with van der Waals surface area (Å²) in [4.78, 5) is 23.9. The molecule has 0 spiro atoms. The summed E-state index contributed by atoms with van der Waals surface area (Å²) >= 11 is 11.3. The van der Waals surface area contributed by atoms with Gasteiger partial charge in [0.15, 0.2) is 5.82 Å². The molecule has 1 aliphatic heterocycles. The van der Waals surface area contributed by atoms with Gasteiger partial charge in [0.05, 0.1) is 10.0 Å². The predicted octanol–water partition coefficient (Wildman–Crippen LogP) is 2.57. The van der Waals surface area contributed by atoms with Crippen LogP contribution in [-0.4, -0.2) is 23.5 Å². The number of amides is 1. The maximum atomic E-state index is 13.2. The maximum Gasteiger partial charge on any atom is 0.316 e. The second-order valence-corrected chi connectivity index (χ2v) is 4.71. The molecule has 1 fully saturated rings. The Morgan fingerprint density at radius 2 is 1.94 bits per heavy atom. The molecule has 7 heteroatoms. The molecule has 1 saturated heterocycles. The van der Waals surface area contributed by atoms with Crippen molar-refractivity contribution in [2.24, 2.45) is 5.92 Å². The molecule has 2 rings (SSSR count). The molecule has 1 N–H and O–H groups in total. The standard InChI is InChI=1S/C11H8Cl2FNO3/c12-7-3-5(4-8(13)9(7)14)15-2-1-6(10(15)16)11(17)18/h3-4,6H,1-2H2,(H,17,18). The third-order valence-electron chi connectivity index (χ3n) is 2.78. The second kappa shape index (κ2) is 4.74. The number of benzene rings is 1. The molecule has 1 aromatic rings. The first kappa shape index (κ1) is 13.1. The van der Waals surface area contributed by atoms with Crippen molar-refractivity contribution >= 4 is 40.8 Å². The molecule has 0 radical (unpaired) electrons. The van der Waals surface area contributed by atoms with Gasteiger partial charge in [-0.1, -0.05) is 23.2 Å². The summed E-state index contributed by atoms with van der Waals surface area (Å²) in [6.07, 6.45) is 0.209. The molecule has 1 aromatic carbocycles. The Morgan fingerprint density at radius 1 is 1.39 bits per heavy atom. The van der Waals surface area contributed by atoms with Gasteiger partial charge in [-0.15, -0.1) is 0 Å². The van der Waals surface area contributed by atoms with Crippen LogP contribution in [0.5, 0.6) is 0 Å². The van der Waals surface area contributed by atoms with Gasteiger partial charge in [0.1, 0.15) is 5.92 Å². The summed E-state index contributed by atoms with van der Waals surface area (Å²) in [5.74, 6) is -3.53. The zero-order chi connectivity index (χ0) is 13.4. The molecule has 0 aromatic heterocycles. The molecule has 1 amide bonds. The van der Waals surface area contributed by atoms with E-state index in [9.17, 15) is 14.0 Å². The number of hydrogen-bond donors (Lipinski definition) is 1. The minimum Gasteiger partial charge on any atom is -0.481 e. The average Bonchev–Trinajstić information content (AvgIpc) is 2.67. The summed E-state index contributed by atoms with van der Waals surface area (Å²) in [6.45, 7) is 0.244. The van der Waals surface area contributed by atoms with Crippen LogP contribution < -0.4 is 4.90 Å². The molecule has 0 saturated carbocycles. The monoisotopic (exact) mass is 291 g/mol. The molecule has 0 bridgehead atoms. The van der Waals surface area contributed by atoms with Gasteiger partial charge >= 0.3 is 5.97 Å². The van der Waals surface area contributed by atoms with Crippen molar-refractivity contribution in [3.63, 3.8) is 0 Å². The van der Waals surface area contributed by atoms with Crippen LogP contribution >= 0.6 is 23.2 Å². The first-order valence-corrected chi connectivity index (χ1v) is 5.86. The zero-order valence-corrected chi connectivity index (χ0v) is 10.5. The molecule has 1 unspecified atom stereocenters. The van der Waals surface area contributed by atoms with E-state index in [1.807, 2.05) is 0 Å². The van der Waals surface area contributed by atoms with Gasteiger partial charge in [-0.25, -0.2) is 4.39 Å². The van der Waals surface area contributed by atoms with Crippen LogP contribution in [0.3, 0.4) is 0 Å². The van der Waals surface area contributed by atoms with E-state index in [-0.39, 0.29) is 23.0 Å². The van der Waals surface area contributed by atoms with Crippen LogP contribution in [0.15, 0.2) is 12.1 Å². The topological polar surface area (TPSA) is 57.6 Å². The summed E-state index contributed by atoms with van der Waals surface area (Å²) in [7, 11) is 0. The van der Waals surface area contributed by atoms with Crippen molar-refractivity contribution in [1.29, 1.82) is 0 Å². The number of carbonyl (C=O) groups excluding carboxylic acids is 1. The number of halogens is 3. The highest BCUT2D eigenvalue weighted by Gasteiger charge is 2.37. The molecule has 4 nitrogen and oxygen atoms in total. The van der Waals surface area contributed by atoms with Crippen LogP contribution in [0, 0.1) is 11.7 Å². The summed E-state index contributed by atoms with van der Waals surface area (Å²) < 4.78 is 13.2. The Kier molecular flexibility index (Phi) is 3.45. The Bertz CT molecular complexity index is 512. The van der Waals surface area contributed by atoms with E-state index >= 15 is 0 Å². The van der Waals surface area contributed by atoms with Gasteiger partial charge < -0.3 is 10.0 Å². The van der Waals surface area contributed by atoms with Crippen LogP contribution in [0.25, 0.3) is 0 Å². The fourth-order valence-electron chi connectivity index (χ4n) is 1.86. The van der Waals surface area contributed by atoms with Crippen LogP contribution in [-0.2, 0) is 9.59 Å². The minimum absolute atomic E-state index is 0.205. The lowest BCUT2D eigenvalue weighted by molar-refractivity contribution is -0.144. The summed E-state index contributed by atoms with van der Waals surface area (Å²) in [5, 5.41) is 8.43. The Balaban J connectivity index is 2.34. The number of rotatable bonds is 2. The number of carboxylic acids is 1. The molecule has 1 heterocycles. The van der Waals surface area contributed by atoms with Crippen molar-refractivity contribution in [2.75, 3.05) is 11.4 Å². The van der Waals surface area contributed by atoms with Crippen LogP contribution in [0.2, 0.25) is 10.0 Å². The normalized spacial score (nSPS) is 19.4. The van der Waals surface area contributed by atoms with E-state index in [0.29, 0.717) is 5.69 Å². The van der Waals surface area contributed by atoms with E-state index in [1.165, 1.54) is 17.0 Å².